The Kier molecular flexibility index (Phi) is 5.89. The van der Waals surface area contributed by atoms with Gasteiger partial charge in [0.15, 0.2) is 10.9 Å². The summed E-state index contributed by atoms with van der Waals surface area (Å²) in [5.41, 5.74) is 3.24. The number of carbonyl (C=O) groups is 1. The summed E-state index contributed by atoms with van der Waals surface area (Å²) in [5.74, 6) is 0.545. The third kappa shape index (κ3) is 4.11. The topological polar surface area (TPSA) is 84.2 Å². The molecule has 2 aromatic heterocycles. The van der Waals surface area contributed by atoms with Crippen molar-refractivity contribution in [3.05, 3.63) is 63.9 Å². The Morgan fingerprint density at radius 3 is 2.80 bits per heavy atom. The van der Waals surface area contributed by atoms with Crippen molar-refractivity contribution in [2.24, 2.45) is 0 Å². The van der Waals surface area contributed by atoms with E-state index in [1.54, 1.807) is 16.6 Å². The van der Waals surface area contributed by atoms with Gasteiger partial charge in [-0.3, -0.25) is 10.1 Å². The van der Waals surface area contributed by atoms with Crippen molar-refractivity contribution >= 4 is 61.2 Å². The van der Waals surface area contributed by atoms with E-state index in [1.807, 2.05) is 44.2 Å². The van der Waals surface area contributed by atoms with Crippen LogP contribution in [0.5, 0.6) is 0 Å². The van der Waals surface area contributed by atoms with Gasteiger partial charge in [-0.2, -0.15) is 9.61 Å². The molecule has 4 rings (SSSR count). The lowest BCUT2D eigenvalue weighted by atomic mass is 10.1. The third-order valence-electron chi connectivity index (χ3n) is 4.45. The zero-order valence-corrected chi connectivity index (χ0v) is 19.4. The molecule has 0 aliphatic carbocycles. The first-order valence-corrected chi connectivity index (χ1v) is 11.2. The quantitative estimate of drug-likeness (QED) is 0.398. The lowest BCUT2D eigenvalue weighted by Gasteiger charge is -2.13. The summed E-state index contributed by atoms with van der Waals surface area (Å²) in [5, 5.41) is 19.8. The van der Waals surface area contributed by atoms with Crippen LogP contribution in [0.3, 0.4) is 0 Å². The summed E-state index contributed by atoms with van der Waals surface area (Å²) >= 11 is 10.2. The number of rotatable bonds is 4. The van der Waals surface area contributed by atoms with Gasteiger partial charge in [0.1, 0.15) is 5.01 Å². The largest absolute Gasteiger partial charge is 0.332 e. The first kappa shape index (κ1) is 20.6. The van der Waals surface area contributed by atoms with E-state index in [4.69, 9.17) is 12.2 Å². The number of aryl methyl sites for hydroxylation is 2. The van der Waals surface area contributed by atoms with Gasteiger partial charge in [-0.15, -0.1) is 10.2 Å². The summed E-state index contributed by atoms with van der Waals surface area (Å²) in [6.07, 6.45) is 0.760. The summed E-state index contributed by atoms with van der Waals surface area (Å²) in [4.78, 5) is 13.2. The monoisotopic (exact) mass is 500 g/mol. The molecule has 4 aromatic rings. The molecule has 0 aliphatic heterocycles. The molecule has 2 heterocycles. The van der Waals surface area contributed by atoms with Gasteiger partial charge in [0.2, 0.25) is 4.96 Å². The number of aromatic nitrogens is 4. The molecule has 0 fully saturated rings. The van der Waals surface area contributed by atoms with E-state index < -0.39 is 0 Å². The van der Waals surface area contributed by atoms with Crippen LogP contribution >= 0.6 is 39.5 Å². The number of amides is 1. The highest BCUT2D eigenvalue weighted by Crippen LogP contribution is 2.29. The Labute approximate surface area is 190 Å². The van der Waals surface area contributed by atoms with Gasteiger partial charge in [0.25, 0.3) is 5.91 Å². The smallest absolute Gasteiger partial charge is 0.258 e. The lowest BCUT2D eigenvalue weighted by molar-refractivity contribution is 0.0977. The SMILES string of the molecule is CCc1nnc2sc(-c3ccc(C)c(NC(=S)NC(=O)c4ccccc4Br)c3)nn12. The van der Waals surface area contributed by atoms with Crippen molar-refractivity contribution in [3.63, 3.8) is 0 Å². The maximum atomic E-state index is 12.5. The fourth-order valence-electron chi connectivity index (χ4n) is 2.85. The number of hydrogen-bond donors (Lipinski definition) is 2. The molecule has 0 radical (unpaired) electrons. The molecule has 0 atom stereocenters. The van der Waals surface area contributed by atoms with Crippen LogP contribution in [0.2, 0.25) is 0 Å². The first-order chi connectivity index (χ1) is 14.5. The molecule has 10 heteroatoms. The van der Waals surface area contributed by atoms with Gasteiger partial charge in [-0.25, -0.2) is 0 Å². The average Bonchev–Trinajstić information content (AvgIpc) is 3.30. The predicted molar refractivity (Wildman–Crippen MR) is 126 cm³/mol. The van der Waals surface area contributed by atoms with Crippen molar-refractivity contribution in [1.82, 2.24) is 25.1 Å². The van der Waals surface area contributed by atoms with E-state index >= 15 is 0 Å². The minimum absolute atomic E-state index is 0.224. The standard InChI is InChI=1S/C20H17BrN6OS2/c1-3-16-24-25-20-27(16)26-18(30-20)12-9-8-11(2)15(10-12)22-19(29)23-17(28)13-6-4-5-7-14(13)21/h4-10H,3H2,1-2H3,(H2,22,23,28,29). The normalized spacial score (nSPS) is 10.9. The summed E-state index contributed by atoms with van der Waals surface area (Å²) in [6.45, 7) is 3.99. The summed E-state index contributed by atoms with van der Waals surface area (Å²) < 4.78 is 2.48. The average molecular weight is 501 g/mol. The highest BCUT2D eigenvalue weighted by Gasteiger charge is 2.14. The molecule has 2 N–H and O–H groups in total. The van der Waals surface area contributed by atoms with Crippen molar-refractivity contribution in [3.8, 4) is 10.6 Å². The van der Waals surface area contributed by atoms with E-state index in [1.165, 1.54) is 11.3 Å². The number of hydrogen-bond acceptors (Lipinski definition) is 6. The number of anilines is 1. The molecule has 0 saturated carbocycles. The molecule has 30 heavy (non-hydrogen) atoms. The lowest BCUT2D eigenvalue weighted by Crippen LogP contribution is -2.34. The van der Waals surface area contributed by atoms with E-state index in [2.05, 4.69) is 41.9 Å². The molecule has 1 amide bonds. The zero-order valence-electron chi connectivity index (χ0n) is 16.1. The number of thiocarbonyl (C=S) groups is 1. The molecule has 0 saturated heterocycles. The van der Waals surface area contributed by atoms with E-state index in [9.17, 15) is 4.79 Å². The van der Waals surface area contributed by atoms with Crippen LogP contribution in [0, 0.1) is 6.92 Å². The molecule has 2 aromatic carbocycles. The number of fused-ring (bicyclic) bond motifs is 1. The van der Waals surface area contributed by atoms with Crippen LogP contribution in [0.15, 0.2) is 46.9 Å². The van der Waals surface area contributed by atoms with Gasteiger partial charge in [-0.05, 0) is 58.8 Å². The minimum atomic E-state index is -0.283. The Balaban J connectivity index is 1.54. The van der Waals surface area contributed by atoms with E-state index in [0.717, 1.165) is 39.0 Å². The molecule has 0 unspecified atom stereocenters. The number of carbonyl (C=O) groups excluding carboxylic acids is 1. The number of nitrogens with zero attached hydrogens (tertiary/aromatic N) is 4. The fourth-order valence-corrected chi connectivity index (χ4v) is 4.38. The number of halogens is 1. The molecule has 0 aliphatic rings. The predicted octanol–water partition coefficient (Wildman–Crippen LogP) is 4.61. The molecule has 0 spiro atoms. The molecular formula is C20H17BrN6OS2. The van der Waals surface area contributed by atoms with Crippen LogP contribution in [-0.2, 0) is 6.42 Å². The van der Waals surface area contributed by atoms with Crippen LogP contribution in [-0.4, -0.2) is 30.8 Å². The van der Waals surface area contributed by atoms with Crippen molar-refractivity contribution in [2.75, 3.05) is 5.32 Å². The van der Waals surface area contributed by atoms with E-state index in [0.29, 0.717) is 10.0 Å². The molecule has 152 valence electrons. The second-order valence-corrected chi connectivity index (χ2v) is 8.71. The fraction of sp³-hybridized carbons (Fsp3) is 0.150. The highest BCUT2D eigenvalue weighted by atomic mass is 79.9. The van der Waals surface area contributed by atoms with Crippen LogP contribution < -0.4 is 10.6 Å². The summed E-state index contributed by atoms with van der Waals surface area (Å²) in [6, 6.07) is 13.1. The second-order valence-electron chi connectivity index (χ2n) is 6.49. The van der Waals surface area contributed by atoms with E-state index in [-0.39, 0.29) is 11.0 Å². The second kappa shape index (κ2) is 8.58. The number of benzene rings is 2. The maximum Gasteiger partial charge on any atom is 0.258 e. The van der Waals surface area contributed by atoms with Gasteiger partial charge in [-0.1, -0.05) is 42.5 Å². The Morgan fingerprint density at radius 2 is 2.03 bits per heavy atom. The maximum absolute atomic E-state index is 12.5. The Bertz CT molecular complexity index is 1270. The summed E-state index contributed by atoms with van der Waals surface area (Å²) in [7, 11) is 0. The van der Waals surface area contributed by atoms with Crippen LogP contribution in [0.25, 0.3) is 15.5 Å². The van der Waals surface area contributed by atoms with Gasteiger partial charge in [0, 0.05) is 22.1 Å². The first-order valence-electron chi connectivity index (χ1n) is 9.15. The highest BCUT2D eigenvalue weighted by molar-refractivity contribution is 9.10. The molecule has 0 bridgehead atoms. The zero-order chi connectivity index (χ0) is 21.3. The Morgan fingerprint density at radius 1 is 1.23 bits per heavy atom. The van der Waals surface area contributed by atoms with Gasteiger partial charge >= 0.3 is 0 Å². The van der Waals surface area contributed by atoms with Crippen molar-refractivity contribution in [1.29, 1.82) is 0 Å². The Hall–Kier alpha value is -2.69. The van der Waals surface area contributed by atoms with Gasteiger partial charge < -0.3 is 5.32 Å². The van der Waals surface area contributed by atoms with Crippen molar-refractivity contribution in [2.45, 2.75) is 20.3 Å². The molecular weight excluding hydrogens is 484 g/mol. The van der Waals surface area contributed by atoms with Crippen molar-refractivity contribution < 1.29 is 4.79 Å². The van der Waals surface area contributed by atoms with Gasteiger partial charge in [0.05, 0.1) is 5.56 Å². The third-order valence-corrected chi connectivity index (χ3v) is 6.29. The minimum Gasteiger partial charge on any atom is -0.332 e. The van der Waals surface area contributed by atoms with Crippen LogP contribution in [0.4, 0.5) is 5.69 Å². The number of nitrogens with one attached hydrogen (secondary N) is 2. The molecule has 7 nitrogen and oxygen atoms in total. The van der Waals surface area contributed by atoms with Crippen LogP contribution in [0.1, 0.15) is 28.7 Å².